The molecule has 3 N–H and O–H groups in total. The first-order valence-corrected chi connectivity index (χ1v) is 10.6. The van der Waals surface area contributed by atoms with Crippen LogP contribution in [0.5, 0.6) is 5.75 Å². The Bertz CT molecular complexity index is 878. The first-order valence-electron chi connectivity index (χ1n) is 10.2. The highest BCUT2D eigenvalue weighted by atomic mass is 32.1. The zero-order chi connectivity index (χ0) is 23.4. The highest BCUT2D eigenvalue weighted by Gasteiger charge is 2.29. The Balaban J connectivity index is 2.59. The molecule has 0 radical (unpaired) electrons. The van der Waals surface area contributed by atoms with Crippen molar-refractivity contribution in [2.24, 2.45) is 0 Å². The molecule has 1 heterocycles. The summed E-state index contributed by atoms with van der Waals surface area (Å²) >= 11 is 5.27. The number of aromatic nitrogens is 3. The van der Waals surface area contributed by atoms with Crippen molar-refractivity contribution in [1.29, 1.82) is 0 Å². The normalized spacial score (nSPS) is 12.1. The number of nitrogens with two attached hydrogens (primary N) is 1. The second-order valence-corrected chi connectivity index (χ2v) is 9.71. The molecular weight excluding hydrogens is 414 g/mol. The molecule has 0 fully saturated rings. The summed E-state index contributed by atoms with van der Waals surface area (Å²) in [6.07, 6.45) is 0. The van der Waals surface area contributed by atoms with Crippen LogP contribution in [0, 0.1) is 0 Å². The molecule has 0 saturated heterocycles. The summed E-state index contributed by atoms with van der Waals surface area (Å²) in [7, 11) is 3.36. The van der Waals surface area contributed by atoms with Gasteiger partial charge in [-0.05, 0) is 35.2 Å². The number of rotatable bonds is 7. The van der Waals surface area contributed by atoms with Crippen LogP contribution in [-0.4, -0.2) is 54.0 Å². The van der Waals surface area contributed by atoms with E-state index in [4.69, 9.17) is 32.2 Å². The van der Waals surface area contributed by atoms with Gasteiger partial charge in [-0.2, -0.15) is 9.67 Å². The Labute approximate surface area is 190 Å². The van der Waals surface area contributed by atoms with Crippen LogP contribution in [0.2, 0.25) is 0 Å². The molecule has 172 valence electrons. The van der Waals surface area contributed by atoms with Crippen LogP contribution >= 0.6 is 12.2 Å². The number of hydrogen-bond donors (Lipinski definition) is 2. The Morgan fingerprint density at radius 3 is 2.16 bits per heavy atom. The predicted octanol–water partition coefficient (Wildman–Crippen LogP) is 3.47. The minimum atomic E-state index is -0.188. The van der Waals surface area contributed by atoms with Gasteiger partial charge in [0.2, 0.25) is 5.95 Å². The SMILES string of the molecule is CNC(=S)n1nc(-c2cc(C(C)(C)C)c(OCOCCOC)c(C(C)(C)C)c2)nc1N. The van der Waals surface area contributed by atoms with E-state index in [1.165, 1.54) is 4.68 Å². The predicted molar refractivity (Wildman–Crippen MR) is 128 cm³/mol. The molecule has 1 aromatic heterocycles. The van der Waals surface area contributed by atoms with Crippen LogP contribution in [0.4, 0.5) is 5.95 Å². The molecule has 8 nitrogen and oxygen atoms in total. The third-order valence-corrected chi connectivity index (χ3v) is 5.10. The number of hydrogen-bond acceptors (Lipinski definition) is 7. The van der Waals surface area contributed by atoms with Crippen molar-refractivity contribution in [3.63, 3.8) is 0 Å². The van der Waals surface area contributed by atoms with Gasteiger partial charge in [-0.1, -0.05) is 41.5 Å². The Morgan fingerprint density at radius 2 is 1.68 bits per heavy atom. The summed E-state index contributed by atoms with van der Waals surface area (Å²) in [5.74, 6) is 1.56. The number of benzene rings is 1. The van der Waals surface area contributed by atoms with Crippen molar-refractivity contribution in [2.45, 2.75) is 52.4 Å². The summed E-state index contributed by atoms with van der Waals surface area (Å²) in [5, 5.41) is 7.78. The fourth-order valence-electron chi connectivity index (χ4n) is 3.03. The van der Waals surface area contributed by atoms with Crippen LogP contribution in [0.25, 0.3) is 11.4 Å². The lowest BCUT2D eigenvalue weighted by Crippen LogP contribution is -2.26. The van der Waals surface area contributed by atoms with Gasteiger partial charge in [-0.25, -0.2) is 0 Å². The maximum atomic E-state index is 6.16. The van der Waals surface area contributed by atoms with E-state index in [2.05, 4.69) is 69.1 Å². The van der Waals surface area contributed by atoms with Crippen LogP contribution in [0.1, 0.15) is 52.7 Å². The number of methoxy groups -OCH3 is 1. The van der Waals surface area contributed by atoms with E-state index in [1.54, 1.807) is 14.2 Å². The molecule has 31 heavy (non-hydrogen) atoms. The van der Waals surface area contributed by atoms with Crippen molar-refractivity contribution in [2.75, 3.05) is 39.9 Å². The average Bonchev–Trinajstić information content (AvgIpc) is 3.07. The maximum absolute atomic E-state index is 6.16. The van der Waals surface area contributed by atoms with Gasteiger partial charge in [0.1, 0.15) is 5.75 Å². The van der Waals surface area contributed by atoms with Crippen molar-refractivity contribution in [3.05, 3.63) is 23.3 Å². The number of nitrogen functional groups attached to an aromatic ring is 1. The molecule has 0 bridgehead atoms. The van der Waals surface area contributed by atoms with Crippen molar-refractivity contribution in [3.8, 4) is 17.1 Å². The highest BCUT2D eigenvalue weighted by molar-refractivity contribution is 7.80. The van der Waals surface area contributed by atoms with Gasteiger partial charge < -0.3 is 25.3 Å². The Kier molecular flexibility index (Phi) is 8.02. The molecule has 0 aliphatic carbocycles. The standard InChI is InChI=1S/C22H35N5O3S/c1-21(2,3)15-11-14(18-25-19(23)27(26-18)20(31)24-7)12-16(22(4,5)6)17(15)30-13-29-10-9-28-8/h11-12H,9-10,13H2,1-8H3,(H,24,31)(H2,23,25,26). The van der Waals surface area contributed by atoms with Gasteiger partial charge in [-0.15, -0.1) is 5.10 Å². The molecule has 0 aliphatic heterocycles. The lowest BCUT2D eigenvalue weighted by Gasteiger charge is -2.30. The van der Waals surface area contributed by atoms with E-state index in [1.807, 2.05) is 0 Å². The van der Waals surface area contributed by atoms with E-state index in [9.17, 15) is 0 Å². The third-order valence-electron chi connectivity index (χ3n) is 4.72. The molecule has 0 spiro atoms. The summed E-state index contributed by atoms with van der Waals surface area (Å²) in [5.41, 5.74) is 8.60. The number of nitrogens with zero attached hydrogens (tertiary/aromatic N) is 3. The topological polar surface area (TPSA) is 96.5 Å². The first kappa shape index (κ1) is 25.0. The molecule has 0 amide bonds. The second kappa shape index (κ2) is 9.93. The van der Waals surface area contributed by atoms with E-state index in [0.717, 1.165) is 22.4 Å². The summed E-state index contributed by atoms with van der Waals surface area (Å²) in [6, 6.07) is 4.11. The maximum Gasteiger partial charge on any atom is 0.226 e. The summed E-state index contributed by atoms with van der Waals surface area (Å²) < 4.78 is 18.2. The second-order valence-electron chi connectivity index (χ2n) is 9.32. The monoisotopic (exact) mass is 449 g/mol. The molecule has 2 aromatic rings. The van der Waals surface area contributed by atoms with Gasteiger partial charge in [0.25, 0.3) is 0 Å². The summed E-state index contributed by atoms with van der Waals surface area (Å²) in [4.78, 5) is 4.44. The Morgan fingerprint density at radius 1 is 1.10 bits per heavy atom. The lowest BCUT2D eigenvalue weighted by atomic mass is 9.78. The molecule has 0 atom stereocenters. The van der Waals surface area contributed by atoms with Gasteiger partial charge in [0.05, 0.1) is 13.2 Å². The van der Waals surface area contributed by atoms with Gasteiger partial charge in [0.15, 0.2) is 17.7 Å². The number of nitrogens with one attached hydrogen (secondary N) is 1. The first-order chi connectivity index (χ1) is 14.4. The minimum absolute atomic E-state index is 0.144. The van der Waals surface area contributed by atoms with E-state index in [0.29, 0.717) is 24.2 Å². The van der Waals surface area contributed by atoms with Crippen LogP contribution in [-0.2, 0) is 20.3 Å². The molecule has 2 rings (SSSR count). The highest BCUT2D eigenvalue weighted by Crippen LogP contribution is 2.42. The molecule has 0 unspecified atom stereocenters. The quantitative estimate of drug-likeness (QED) is 0.377. The molecular formula is C22H35N5O3S. The fourth-order valence-corrected chi connectivity index (χ4v) is 3.17. The molecule has 0 saturated carbocycles. The number of ether oxygens (including phenoxy) is 3. The fraction of sp³-hybridized carbons (Fsp3) is 0.591. The molecule has 9 heteroatoms. The number of thiocarbonyl (C=S) groups is 1. The smallest absolute Gasteiger partial charge is 0.226 e. The number of anilines is 1. The minimum Gasteiger partial charge on any atom is -0.467 e. The zero-order valence-electron chi connectivity index (χ0n) is 19.8. The van der Waals surface area contributed by atoms with Gasteiger partial charge in [0, 0.05) is 30.8 Å². The van der Waals surface area contributed by atoms with Crippen molar-refractivity contribution < 1.29 is 14.2 Å². The third kappa shape index (κ3) is 6.15. The Hall–Kier alpha value is -2.23. The largest absolute Gasteiger partial charge is 0.467 e. The van der Waals surface area contributed by atoms with Crippen LogP contribution in [0.3, 0.4) is 0 Å². The summed E-state index contributed by atoms with van der Waals surface area (Å²) in [6.45, 7) is 14.0. The van der Waals surface area contributed by atoms with E-state index >= 15 is 0 Å². The zero-order valence-corrected chi connectivity index (χ0v) is 20.6. The van der Waals surface area contributed by atoms with Crippen LogP contribution < -0.4 is 15.8 Å². The molecule has 1 aromatic carbocycles. The van der Waals surface area contributed by atoms with E-state index < -0.39 is 0 Å². The average molecular weight is 450 g/mol. The van der Waals surface area contributed by atoms with Crippen molar-refractivity contribution in [1.82, 2.24) is 20.1 Å². The van der Waals surface area contributed by atoms with E-state index in [-0.39, 0.29) is 23.6 Å². The van der Waals surface area contributed by atoms with Crippen molar-refractivity contribution >= 4 is 23.3 Å². The molecule has 0 aliphatic rings. The van der Waals surface area contributed by atoms with Gasteiger partial charge in [-0.3, -0.25) is 0 Å². The van der Waals surface area contributed by atoms with Gasteiger partial charge >= 0.3 is 0 Å². The lowest BCUT2D eigenvalue weighted by molar-refractivity contribution is -0.00991. The van der Waals surface area contributed by atoms with Crippen LogP contribution in [0.15, 0.2) is 12.1 Å².